The van der Waals surface area contributed by atoms with Crippen molar-refractivity contribution < 1.29 is 13.2 Å². The van der Waals surface area contributed by atoms with Gasteiger partial charge in [0.15, 0.2) is 5.11 Å². The lowest BCUT2D eigenvalue weighted by atomic mass is 10.0. The van der Waals surface area contributed by atoms with Crippen LogP contribution in [0.15, 0.2) is 53.4 Å². The lowest BCUT2D eigenvalue weighted by molar-refractivity contribution is 0.414. The van der Waals surface area contributed by atoms with Gasteiger partial charge in [-0.1, -0.05) is 25.1 Å². The van der Waals surface area contributed by atoms with Crippen molar-refractivity contribution in [2.75, 3.05) is 26.5 Å². The molecule has 1 atom stereocenters. The van der Waals surface area contributed by atoms with Crippen molar-refractivity contribution in [2.24, 2.45) is 0 Å². The van der Waals surface area contributed by atoms with Gasteiger partial charge in [-0.3, -0.25) is 0 Å². The molecule has 0 radical (unpaired) electrons. The molecule has 2 aromatic rings. The molecule has 0 spiro atoms. The maximum Gasteiger partial charge on any atom is 0.242 e. The number of thiocarbonyl (C=S) groups is 1. The van der Waals surface area contributed by atoms with E-state index >= 15 is 0 Å². The summed E-state index contributed by atoms with van der Waals surface area (Å²) >= 11 is 5.41. The van der Waals surface area contributed by atoms with Crippen molar-refractivity contribution >= 4 is 33.0 Å². The fraction of sp³-hybridized carbons (Fsp3) is 0.316. The van der Waals surface area contributed by atoms with Crippen LogP contribution in [0.3, 0.4) is 0 Å². The number of benzene rings is 2. The molecule has 0 aliphatic carbocycles. The molecule has 0 saturated heterocycles. The molecule has 2 rings (SSSR count). The molecule has 2 N–H and O–H groups in total. The van der Waals surface area contributed by atoms with Crippen molar-refractivity contribution in [3.8, 4) is 5.75 Å². The van der Waals surface area contributed by atoms with Crippen LogP contribution in [-0.4, -0.2) is 39.0 Å². The van der Waals surface area contributed by atoms with E-state index in [0.717, 1.165) is 17.7 Å². The molecule has 27 heavy (non-hydrogen) atoms. The van der Waals surface area contributed by atoms with Gasteiger partial charge in [0, 0.05) is 19.8 Å². The predicted molar refractivity (Wildman–Crippen MR) is 113 cm³/mol. The van der Waals surface area contributed by atoms with Gasteiger partial charge in [0.25, 0.3) is 0 Å². The van der Waals surface area contributed by atoms with Gasteiger partial charge in [0.1, 0.15) is 5.75 Å². The summed E-state index contributed by atoms with van der Waals surface area (Å²) in [4.78, 5) is 0.211. The van der Waals surface area contributed by atoms with Gasteiger partial charge in [-0.25, -0.2) is 12.7 Å². The minimum atomic E-state index is -3.49. The smallest absolute Gasteiger partial charge is 0.242 e. The second-order valence-corrected chi connectivity index (χ2v) is 8.71. The Balaban J connectivity index is 2.10. The first kappa shape index (κ1) is 21.1. The Morgan fingerprint density at radius 1 is 1.19 bits per heavy atom. The first-order valence-corrected chi connectivity index (χ1v) is 10.4. The normalized spacial score (nSPS) is 12.5. The fourth-order valence-electron chi connectivity index (χ4n) is 2.53. The number of nitrogens with one attached hydrogen (secondary N) is 2. The summed E-state index contributed by atoms with van der Waals surface area (Å²) in [6, 6.07) is 14.4. The predicted octanol–water partition coefficient (Wildman–Crippen LogP) is 3.38. The second-order valence-electron chi connectivity index (χ2n) is 6.15. The van der Waals surface area contributed by atoms with E-state index in [1.165, 1.54) is 18.4 Å². The third-order valence-electron chi connectivity index (χ3n) is 4.10. The van der Waals surface area contributed by atoms with E-state index in [0.29, 0.717) is 10.8 Å². The molecular weight excluding hydrogens is 382 g/mol. The Labute approximate surface area is 166 Å². The molecule has 0 aliphatic heterocycles. The van der Waals surface area contributed by atoms with Crippen molar-refractivity contribution in [1.29, 1.82) is 0 Å². The first-order chi connectivity index (χ1) is 12.8. The molecule has 0 saturated carbocycles. The van der Waals surface area contributed by atoms with Crippen LogP contribution in [0, 0.1) is 0 Å². The molecule has 146 valence electrons. The quantitative estimate of drug-likeness (QED) is 0.686. The topological polar surface area (TPSA) is 70.7 Å². The van der Waals surface area contributed by atoms with Crippen LogP contribution in [0.1, 0.15) is 24.9 Å². The van der Waals surface area contributed by atoms with Crippen molar-refractivity contribution in [3.63, 3.8) is 0 Å². The SMILES string of the molecule is CC[C@H](NC(=S)Nc1cccc(S(=O)(=O)N(C)C)c1)c1ccc(OC)cc1. The van der Waals surface area contributed by atoms with Gasteiger partial charge in [-0.05, 0) is 54.5 Å². The maximum absolute atomic E-state index is 12.3. The summed E-state index contributed by atoms with van der Waals surface area (Å²) in [6.07, 6.45) is 0.837. The number of hydrogen-bond acceptors (Lipinski definition) is 4. The third-order valence-corrected chi connectivity index (χ3v) is 6.13. The Hall–Kier alpha value is -2.16. The van der Waals surface area contributed by atoms with E-state index in [-0.39, 0.29) is 10.9 Å². The minimum absolute atomic E-state index is 0.0320. The van der Waals surface area contributed by atoms with Gasteiger partial charge in [-0.15, -0.1) is 0 Å². The highest BCUT2D eigenvalue weighted by Crippen LogP contribution is 2.21. The average Bonchev–Trinajstić information content (AvgIpc) is 2.66. The maximum atomic E-state index is 12.3. The molecule has 0 unspecified atom stereocenters. The zero-order valence-electron chi connectivity index (χ0n) is 15.9. The molecule has 0 amide bonds. The molecule has 0 heterocycles. The fourth-order valence-corrected chi connectivity index (χ4v) is 3.74. The van der Waals surface area contributed by atoms with E-state index in [1.807, 2.05) is 24.3 Å². The lowest BCUT2D eigenvalue weighted by Crippen LogP contribution is -2.32. The van der Waals surface area contributed by atoms with Crippen LogP contribution in [0.4, 0.5) is 5.69 Å². The third kappa shape index (κ3) is 5.41. The summed E-state index contributed by atoms with van der Waals surface area (Å²) < 4.78 is 30.9. The number of hydrogen-bond donors (Lipinski definition) is 2. The van der Waals surface area contributed by atoms with E-state index in [4.69, 9.17) is 17.0 Å². The van der Waals surface area contributed by atoms with Crippen molar-refractivity contribution in [2.45, 2.75) is 24.3 Å². The molecule has 6 nitrogen and oxygen atoms in total. The van der Waals surface area contributed by atoms with Gasteiger partial charge in [0.05, 0.1) is 18.0 Å². The minimum Gasteiger partial charge on any atom is -0.497 e. The molecule has 0 bridgehead atoms. The highest BCUT2D eigenvalue weighted by atomic mass is 32.2. The van der Waals surface area contributed by atoms with Crippen LogP contribution in [0.2, 0.25) is 0 Å². The van der Waals surface area contributed by atoms with Crippen LogP contribution in [0.25, 0.3) is 0 Å². The van der Waals surface area contributed by atoms with E-state index < -0.39 is 10.0 Å². The van der Waals surface area contributed by atoms with Crippen molar-refractivity contribution in [1.82, 2.24) is 9.62 Å². The Morgan fingerprint density at radius 2 is 1.85 bits per heavy atom. The number of ether oxygens (including phenoxy) is 1. The molecule has 2 aromatic carbocycles. The molecule has 8 heteroatoms. The lowest BCUT2D eigenvalue weighted by Gasteiger charge is -2.20. The largest absolute Gasteiger partial charge is 0.497 e. The van der Waals surface area contributed by atoms with E-state index in [1.54, 1.807) is 31.4 Å². The summed E-state index contributed by atoms with van der Waals surface area (Å²) in [5.41, 5.74) is 1.70. The zero-order valence-corrected chi connectivity index (χ0v) is 17.5. The van der Waals surface area contributed by atoms with E-state index in [9.17, 15) is 8.42 Å². The molecule has 0 aliphatic rings. The molecule has 0 fully saturated rings. The van der Waals surface area contributed by atoms with Gasteiger partial charge >= 0.3 is 0 Å². The number of anilines is 1. The summed E-state index contributed by atoms with van der Waals surface area (Å²) in [5, 5.41) is 6.76. The number of methoxy groups -OCH3 is 1. The van der Waals surface area contributed by atoms with Gasteiger partial charge in [-0.2, -0.15) is 0 Å². The highest BCUT2D eigenvalue weighted by Gasteiger charge is 2.17. The summed E-state index contributed by atoms with van der Waals surface area (Å²) in [5.74, 6) is 0.799. The standard InChI is InChI=1S/C19H25N3O3S2/c1-5-18(14-9-11-16(25-4)12-10-14)21-19(26)20-15-7-6-8-17(13-15)27(23,24)22(2)3/h6-13,18H,5H2,1-4H3,(H2,20,21,26)/t18-/m0/s1. The number of rotatable bonds is 7. The summed E-state index contributed by atoms with van der Waals surface area (Å²) in [6.45, 7) is 2.06. The first-order valence-electron chi connectivity index (χ1n) is 8.52. The van der Waals surface area contributed by atoms with Crippen LogP contribution in [-0.2, 0) is 10.0 Å². The van der Waals surface area contributed by atoms with Crippen LogP contribution in [0.5, 0.6) is 5.75 Å². The number of sulfonamides is 1. The molecular formula is C19H25N3O3S2. The average molecular weight is 408 g/mol. The Morgan fingerprint density at radius 3 is 2.41 bits per heavy atom. The van der Waals surface area contributed by atoms with Gasteiger partial charge < -0.3 is 15.4 Å². The summed E-state index contributed by atoms with van der Waals surface area (Å²) in [7, 11) is 1.14. The second kappa shape index (κ2) is 9.16. The molecule has 0 aromatic heterocycles. The Kier molecular flexibility index (Phi) is 7.18. The van der Waals surface area contributed by atoms with Crippen LogP contribution < -0.4 is 15.4 Å². The monoisotopic (exact) mass is 407 g/mol. The van der Waals surface area contributed by atoms with Crippen LogP contribution >= 0.6 is 12.2 Å². The highest BCUT2D eigenvalue weighted by molar-refractivity contribution is 7.89. The van der Waals surface area contributed by atoms with E-state index in [2.05, 4.69) is 17.6 Å². The van der Waals surface area contributed by atoms with Gasteiger partial charge in [0.2, 0.25) is 10.0 Å². The van der Waals surface area contributed by atoms with Crippen molar-refractivity contribution in [3.05, 3.63) is 54.1 Å². The zero-order chi connectivity index (χ0) is 20.0. The Bertz CT molecular complexity index is 881. The number of nitrogens with zero attached hydrogens (tertiary/aromatic N) is 1.